The Bertz CT molecular complexity index is 1130. The van der Waals surface area contributed by atoms with Gasteiger partial charge in [-0.2, -0.15) is 4.98 Å². The Hall–Kier alpha value is -3.66. The molecule has 2 heterocycles. The van der Waals surface area contributed by atoms with Crippen LogP contribution in [0, 0.1) is 5.92 Å². The van der Waals surface area contributed by atoms with E-state index in [0.29, 0.717) is 29.2 Å². The van der Waals surface area contributed by atoms with Crippen molar-refractivity contribution in [1.82, 2.24) is 20.2 Å². The molecule has 35 heavy (non-hydrogen) atoms. The maximum absolute atomic E-state index is 13.5. The van der Waals surface area contributed by atoms with E-state index in [-0.39, 0.29) is 24.8 Å². The molecule has 3 N–H and O–H groups in total. The van der Waals surface area contributed by atoms with Crippen LogP contribution in [-0.2, 0) is 6.42 Å². The van der Waals surface area contributed by atoms with Crippen LogP contribution < -0.4 is 10.2 Å². The van der Waals surface area contributed by atoms with Gasteiger partial charge in [0.1, 0.15) is 5.52 Å². The van der Waals surface area contributed by atoms with Crippen molar-refractivity contribution in [3.63, 3.8) is 0 Å². The lowest BCUT2D eigenvalue weighted by Crippen LogP contribution is -2.50. The molecule has 0 saturated carbocycles. The van der Waals surface area contributed by atoms with E-state index in [0.717, 1.165) is 12.1 Å². The first-order chi connectivity index (χ1) is 16.7. The second-order valence-corrected chi connectivity index (χ2v) is 8.99. The molecule has 2 aromatic heterocycles. The van der Waals surface area contributed by atoms with Crippen molar-refractivity contribution in [1.29, 1.82) is 0 Å². The molecule has 10 nitrogen and oxygen atoms in total. The van der Waals surface area contributed by atoms with E-state index >= 15 is 0 Å². The summed E-state index contributed by atoms with van der Waals surface area (Å²) in [4.78, 5) is 36.7. The van der Waals surface area contributed by atoms with Gasteiger partial charge < -0.3 is 29.7 Å². The highest BCUT2D eigenvalue weighted by Gasteiger charge is 2.27. The Balaban J connectivity index is 1.82. The highest BCUT2D eigenvalue weighted by Crippen LogP contribution is 2.23. The third-order valence-corrected chi connectivity index (χ3v) is 5.66. The second-order valence-electron chi connectivity index (χ2n) is 8.99. The molecule has 0 aliphatic rings. The zero-order chi connectivity index (χ0) is 25.5. The molecular formula is C25H33N5O5. The number of oxazole rings is 1. The second kappa shape index (κ2) is 11.7. The lowest BCUT2D eigenvalue weighted by atomic mass is 10.0. The van der Waals surface area contributed by atoms with Crippen molar-refractivity contribution in [3.05, 3.63) is 53.9 Å². The van der Waals surface area contributed by atoms with E-state index in [1.807, 2.05) is 38.8 Å². The SMILES string of the molecule is CCN(C)c1nc2ccc(C(=O)N(CC(C)C)C[C@@H](O)[C@H](Cc3cccnc3)NC(=O)O)cc2o1. The average molecular weight is 484 g/mol. The minimum absolute atomic E-state index is 0.0412. The number of rotatable bonds is 11. The first-order valence-corrected chi connectivity index (χ1v) is 11.6. The van der Waals surface area contributed by atoms with E-state index in [2.05, 4.69) is 15.3 Å². The smallest absolute Gasteiger partial charge is 0.404 e. The number of amides is 2. The molecule has 2 atom stereocenters. The maximum atomic E-state index is 13.5. The van der Waals surface area contributed by atoms with Gasteiger partial charge in [-0.1, -0.05) is 19.9 Å². The number of hydrogen-bond donors (Lipinski definition) is 3. The number of nitrogens with one attached hydrogen (secondary N) is 1. The van der Waals surface area contributed by atoms with Crippen molar-refractivity contribution in [2.24, 2.45) is 5.92 Å². The zero-order valence-electron chi connectivity index (χ0n) is 20.5. The van der Waals surface area contributed by atoms with Crippen molar-refractivity contribution < 1.29 is 24.2 Å². The predicted octanol–water partition coefficient (Wildman–Crippen LogP) is 3.02. The summed E-state index contributed by atoms with van der Waals surface area (Å²) in [5.41, 5.74) is 2.32. The van der Waals surface area contributed by atoms with E-state index in [9.17, 15) is 19.8 Å². The van der Waals surface area contributed by atoms with Gasteiger partial charge in [-0.15, -0.1) is 0 Å². The molecule has 2 amide bonds. The molecule has 0 radical (unpaired) electrons. The van der Waals surface area contributed by atoms with Crippen LogP contribution in [0.3, 0.4) is 0 Å². The lowest BCUT2D eigenvalue weighted by molar-refractivity contribution is 0.0509. The number of nitrogens with zero attached hydrogens (tertiary/aromatic N) is 4. The molecule has 10 heteroatoms. The summed E-state index contributed by atoms with van der Waals surface area (Å²) < 4.78 is 5.82. The third-order valence-electron chi connectivity index (χ3n) is 5.66. The van der Waals surface area contributed by atoms with Crippen molar-refractivity contribution >= 4 is 29.1 Å². The monoisotopic (exact) mass is 483 g/mol. The fraction of sp³-hybridized carbons (Fsp3) is 0.440. The van der Waals surface area contributed by atoms with Crippen LogP contribution in [0.15, 0.2) is 47.1 Å². The number of carbonyl (C=O) groups is 2. The summed E-state index contributed by atoms with van der Waals surface area (Å²) >= 11 is 0. The average Bonchev–Trinajstić information content (AvgIpc) is 3.25. The Morgan fingerprint density at radius 1 is 1.20 bits per heavy atom. The molecule has 0 unspecified atom stereocenters. The first-order valence-electron chi connectivity index (χ1n) is 11.6. The number of pyridine rings is 1. The number of fused-ring (bicyclic) bond motifs is 1. The highest BCUT2D eigenvalue weighted by atomic mass is 16.4. The Morgan fingerprint density at radius 3 is 2.60 bits per heavy atom. The van der Waals surface area contributed by atoms with Gasteiger partial charge in [0.15, 0.2) is 5.58 Å². The van der Waals surface area contributed by atoms with Crippen LogP contribution in [0.4, 0.5) is 10.8 Å². The van der Waals surface area contributed by atoms with Crippen LogP contribution in [0.2, 0.25) is 0 Å². The van der Waals surface area contributed by atoms with Crippen molar-refractivity contribution in [3.8, 4) is 0 Å². The van der Waals surface area contributed by atoms with Gasteiger partial charge in [-0.05, 0) is 49.1 Å². The quantitative estimate of drug-likeness (QED) is 0.379. The van der Waals surface area contributed by atoms with E-state index < -0.39 is 18.2 Å². The lowest BCUT2D eigenvalue weighted by Gasteiger charge is -2.31. The van der Waals surface area contributed by atoms with Gasteiger partial charge in [0, 0.05) is 44.6 Å². The van der Waals surface area contributed by atoms with Gasteiger partial charge in [-0.3, -0.25) is 9.78 Å². The van der Waals surface area contributed by atoms with Gasteiger partial charge >= 0.3 is 6.09 Å². The van der Waals surface area contributed by atoms with Gasteiger partial charge in [-0.25, -0.2) is 4.79 Å². The molecule has 1 aromatic carbocycles. The molecule has 0 aliphatic carbocycles. The standard InChI is InChI=1S/C25H33N5O5/c1-5-29(4)24-27-19-9-8-18(12-22(19)35-24)23(32)30(14-16(2)3)15-21(31)20(28-25(33)34)11-17-7-6-10-26-13-17/h6-10,12-13,16,20-21,28,31H,5,11,14-15H2,1-4H3,(H,33,34)/t20-,21+/m0/s1. The predicted molar refractivity (Wildman–Crippen MR) is 133 cm³/mol. The Morgan fingerprint density at radius 2 is 1.97 bits per heavy atom. The number of carbonyl (C=O) groups excluding carboxylic acids is 1. The summed E-state index contributed by atoms with van der Waals surface area (Å²) in [5.74, 6) is -0.147. The summed E-state index contributed by atoms with van der Waals surface area (Å²) in [6.07, 6.45) is 1.10. The maximum Gasteiger partial charge on any atom is 0.404 e. The molecule has 188 valence electrons. The van der Waals surface area contributed by atoms with Crippen molar-refractivity contribution in [2.75, 3.05) is 31.6 Å². The van der Waals surface area contributed by atoms with Crippen LogP contribution in [0.25, 0.3) is 11.1 Å². The Labute approximate surface area is 204 Å². The number of aliphatic hydroxyl groups excluding tert-OH is 1. The number of aromatic nitrogens is 2. The minimum Gasteiger partial charge on any atom is -0.465 e. The largest absolute Gasteiger partial charge is 0.465 e. The number of anilines is 1. The summed E-state index contributed by atoms with van der Waals surface area (Å²) in [7, 11) is 1.87. The molecule has 3 rings (SSSR count). The van der Waals surface area contributed by atoms with Crippen LogP contribution in [-0.4, -0.2) is 75.9 Å². The van der Waals surface area contributed by atoms with Crippen molar-refractivity contribution in [2.45, 2.75) is 39.3 Å². The van der Waals surface area contributed by atoms with Crippen LogP contribution in [0.1, 0.15) is 36.7 Å². The minimum atomic E-state index is -1.25. The van der Waals surface area contributed by atoms with Gasteiger partial charge in [0.05, 0.1) is 12.1 Å². The topological polar surface area (TPSA) is 132 Å². The summed E-state index contributed by atoms with van der Waals surface area (Å²) in [6, 6.07) is 8.29. The number of carboxylic acid groups (broad SMARTS) is 1. The fourth-order valence-electron chi connectivity index (χ4n) is 3.78. The first kappa shape index (κ1) is 26.0. The zero-order valence-corrected chi connectivity index (χ0v) is 20.5. The molecule has 0 fully saturated rings. The van der Waals surface area contributed by atoms with Crippen LogP contribution in [0.5, 0.6) is 0 Å². The summed E-state index contributed by atoms with van der Waals surface area (Å²) in [5, 5.41) is 22.7. The molecule has 3 aromatic rings. The molecular weight excluding hydrogens is 450 g/mol. The highest BCUT2D eigenvalue weighted by molar-refractivity contribution is 5.97. The molecule has 0 saturated heterocycles. The molecule has 0 spiro atoms. The number of benzene rings is 1. The molecule has 0 aliphatic heterocycles. The van der Waals surface area contributed by atoms with Gasteiger partial charge in [0.2, 0.25) is 0 Å². The van der Waals surface area contributed by atoms with E-state index in [1.54, 1.807) is 41.6 Å². The molecule has 0 bridgehead atoms. The Kier molecular flexibility index (Phi) is 8.64. The van der Waals surface area contributed by atoms with E-state index in [4.69, 9.17) is 4.42 Å². The van der Waals surface area contributed by atoms with Crippen LogP contribution >= 0.6 is 0 Å². The summed E-state index contributed by atoms with van der Waals surface area (Å²) in [6.45, 7) is 7.01. The van der Waals surface area contributed by atoms with Gasteiger partial charge in [0.25, 0.3) is 11.9 Å². The van der Waals surface area contributed by atoms with E-state index in [1.165, 1.54) is 0 Å². The number of aliphatic hydroxyl groups is 1. The third kappa shape index (κ3) is 6.92. The normalized spacial score (nSPS) is 13.0. The number of hydrogen-bond acceptors (Lipinski definition) is 7. The fourth-order valence-corrected chi connectivity index (χ4v) is 3.78.